The summed E-state index contributed by atoms with van der Waals surface area (Å²) in [6.07, 6.45) is 0.606. The molecule has 4 heteroatoms. The predicted octanol–water partition coefficient (Wildman–Crippen LogP) is 2.49. The SMILES string of the molecule is C=CCNC(CC(=O)O)C(O)c1ccc2ccccc2c1. The van der Waals surface area contributed by atoms with Crippen LogP contribution in [0.1, 0.15) is 18.1 Å². The van der Waals surface area contributed by atoms with Gasteiger partial charge in [0.2, 0.25) is 0 Å². The van der Waals surface area contributed by atoms with Crippen LogP contribution in [0.5, 0.6) is 0 Å². The molecule has 0 bridgehead atoms. The topological polar surface area (TPSA) is 69.6 Å². The maximum Gasteiger partial charge on any atom is 0.305 e. The molecule has 0 heterocycles. The average Bonchev–Trinajstić information content (AvgIpc) is 2.50. The Morgan fingerprint density at radius 3 is 2.62 bits per heavy atom. The molecule has 2 aromatic carbocycles. The summed E-state index contributed by atoms with van der Waals surface area (Å²) < 4.78 is 0. The summed E-state index contributed by atoms with van der Waals surface area (Å²) in [5.74, 6) is -0.948. The standard InChI is InChI=1S/C17H19NO3/c1-2-9-18-15(11-16(19)20)17(21)14-8-7-12-5-3-4-6-13(12)10-14/h2-8,10,15,17-18,21H,1,9,11H2,(H,19,20). The molecular weight excluding hydrogens is 266 g/mol. The summed E-state index contributed by atoms with van der Waals surface area (Å²) in [5, 5.41) is 24.5. The number of aliphatic hydroxyl groups excluding tert-OH is 1. The summed E-state index contributed by atoms with van der Waals surface area (Å²) in [6, 6.07) is 13.0. The van der Waals surface area contributed by atoms with Crippen molar-refractivity contribution in [1.29, 1.82) is 0 Å². The van der Waals surface area contributed by atoms with Gasteiger partial charge in [0.15, 0.2) is 0 Å². The summed E-state index contributed by atoms with van der Waals surface area (Å²) >= 11 is 0. The highest BCUT2D eigenvalue weighted by atomic mass is 16.4. The Morgan fingerprint density at radius 2 is 1.95 bits per heavy atom. The number of hydrogen-bond acceptors (Lipinski definition) is 3. The Morgan fingerprint density at radius 1 is 1.24 bits per heavy atom. The fraction of sp³-hybridized carbons (Fsp3) is 0.235. The quantitative estimate of drug-likeness (QED) is 0.684. The Kier molecular flexibility index (Phi) is 5.09. The molecule has 0 radical (unpaired) electrons. The minimum Gasteiger partial charge on any atom is -0.481 e. The molecule has 0 spiro atoms. The van der Waals surface area contributed by atoms with Gasteiger partial charge in [-0.3, -0.25) is 4.79 Å². The van der Waals surface area contributed by atoms with Crippen LogP contribution in [-0.2, 0) is 4.79 Å². The van der Waals surface area contributed by atoms with Crippen LogP contribution >= 0.6 is 0 Å². The Bertz CT molecular complexity index is 639. The zero-order valence-electron chi connectivity index (χ0n) is 11.7. The first kappa shape index (κ1) is 15.2. The van der Waals surface area contributed by atoms with Crippen LogP contribution in [0, 0.1) is 0 Å². The van der Waals surface area contributed by atoms with E-state index in [4.69, 9.17) is 5.11 Å². The minimum absolute atomic E-state index is 0.151. The lowest BCUT2D eigenvalue weighted by Crippen LogP contribution is -2.37. The number of aliphatic carboxylic acids is 1. The highest BCUT2D eigenvalue weighted by Crippen LogP contribution is 2.23. The molecular formula is C17H19NO3. The van der Waals surface area contributed by atoms with Gasteiger partial charge in [0.1, 0.15) is 0 Å². The molecule has 0 aromatic heterocycles. The number of carbonyl (C=O) groups is 1. The van der Waals surface area contributed by atoms with Gasteiger partial charge in [-0.2, -0.15) is 0 Å². The van der Waals surface area contributed by atoms with Crippen molar-refractivity contribution in [3.8, 4) is 0 Å². The molecule has 0 saturated heterocycles. The Labute approximate surface area is 123 Å². The highest BCUT2D eigenvalue weighted by molar-refractivity contribution is 5.83. The van der Waals surface area contributed by atoms with E-state index in [2.05, 4.69) is 11.9 Å². The van der Waals surface area contributed by atoms with E-state index in [-0.39, 0.29) is 6.42 Å². The molecule has 3 N–H and O–H groups in total. The first-order valence-electron chi connectivity index (χ1n) is 6.84. The summed E-state index contributed by atoms with van der Waals surface area (Å²) in [6.45, 7) is 4.04. The first-order valence-corrected chi connectivity index (χ1v) is 6.84. The molecule has 0 aliphatic heterocycles. The number of fused-ring (bicyclic) bond motifs is 1. The maximum absolute atomic E-state index is 10.9. The highest BCUT2D eigenvalue weighted by Gasteiger charge is 2.23. The molecule has 2 aromatic rings. The zero-order valence-corrected chi connectivity index (χ0v) is 11.7. The van der Waals surface area contributed by atoms with E-state index in [1.165, 1.54) is 0 Å². The van der Waals surface area contributed by atoms with Crippen molar-refractivity contribution in [3.05, 3.63) is 60.7 Å². The van der Waals surface area contributed by atoms with Crippen LogP contribution < -0.4 is 5.32 Å². The predicted molar refractivity (Wildman–Crippen MR) is 83.1 cm³/mol. The lowest BCUT2D eigenvalue weighted by molar-refractivity contribution is -0.138. The van der Waals surface area contributed by atoms with Crippen molar-refractivity contribution < 1.29 is 15.0 Å². The number of carboxylic acids is 1. The van der Waals surface area contributed by atoms with Crippen LogP contribution in [0.2, 0.25) is 0 Å². The maximum atomic E-state index is 10.9. The molecule has 2 unspecified atom stereocenters. The number of benzene rings is 2. The van der Waals surface area contributed by atoms with Gasteiger partial charge < -0.3 is 15.5 Å². The number of nitrogens with one attached hydrogen (secondary N) is 1. The lowest BCUT2D eigenvalue weighted by atomic mass is 9.97. The fourth-order valence-electron chi connectivity index (χ4n) is 2.34. The molecule has 4 nitrogen and oxygen atoms in total. The van der Waals surface area contributed by atoms with Crippen LogP contribution in [-0.4, -0.2) is 28.8 Å². The number of aliphatic hydroxyl groups is 1. The van der Waals surface area contributed by atoms with Crippen molar-refractivity contribution in [3.63, 3.8) is 0 Å². The Hall–Kier alpha value is -2.17. The fourth-order valence-corrected chi connectivity index (χ4v) is 2.34. The Balaban J connectivity index is 2.25. The van der Waals surface area contributed by atoms with Crippen LogP contribution in [0.4, 0.5) is 0 Å². The van der Waals surface area contributed by atoms with Crippen molar-refractivity contribution in [2.45, 2.75) is 18.6 Å². The second kappa shape index (κ2) is 7.02. The van der Waals surface area contributed by atoms with Gasteiger partial charge in [-0.15, -0.1) is 6.58 Å². The van der Waals surface area contributed by atoms with Gasteiger partial charge in [0, 0.05) is 12.6 Å². The van der Waals surface area contributed by atoms with Crippen LogP contribution in [0.15, 0.2) is 55.1 Å². The third-order valence-electron chi connectivity index (χ3n) is 3.42. The van der Waals surface area contributed by atoms with E-state index in [1.807, 2.05) is 42.5 Å². The van der Waals surface area contributed by atoms with Gasteiger partial charge in [-0.1, -0.05) is 42.5 Å². The lowest BCUT2D eigenvalue weighted by Gasteiger charge is -2.23. The second-order valence-corrected chi connectivity index (χ2v) is 4.95. The van der Waals surface area contributed by atoms with Gasteiger partial charge in [0.25, 0.3) is 0 Å². The van der Waals surface area contributed by atoms with E-state index in [1.54, 1.807) is 6.08 Å². The van der Waals surface area contributed by atoms with Crippen molar-refractivity contribution in [1.82, 2.24) is 5.32 Å². The number of hydrogen-bond donors (Lipinski definition) is 3. The monoisotopic (exact) mass is 285 g/mol. The smallest absolute Gasteiger partial charge is 0.305 e. The van der Waals surface area contributed by atoms with Crippen LogP contribution in [0.3, 0.4) is 0 Å². The van der Waals surface area contributed by atoms with Gasteiger partial charge in [0.05, 0.1) is 12.5 Å². The largest absolute Gasteiger partial charge is 0.481 e. The summed E-state index contributed by atoms with van der Waals surface area (Å²) in [7, 11) is 0. The second-order valence-electron chi connectivity index (χ2n) is 4.95. The van der Waals surface area contributed by atoms with E-state index in [0.29, 0.717) is 12.1 Å². The molecule has 0 aliphatic carbocycles. The van der Waals surface area contributed by atoms with E-state index >= 15 is 0 Å². The first-order chi connectivity index (χ1) is 10.1. The molecule has 0 fully saturated rings. The van der Waals surface area contributed by atoms with E-state index in [9.17, 15) is 9.90 Å². The third kappa shape index (κ3) is 3.90. The molecule has 2 rings (SSSR count). The van der Waals surface area contributed by atoms with Gasteiger partial charge in [-0.25, -0.2) is 0 Å². The molecule has 2 atom stereocenters. The van der Waals surface area contributed by atoms with Crippen molar-refractivity contribution in [2.75, 3.05) is 6.54 Å². The average molecular weight is 285 g/mol. The minimum atomic E-state index is -0.948. The van der Waals surface area contributed by atoms with Crippen molar-refractivity contribution in [2.24, 2.45) is 0 Å². The van der Waals surface area contributed by atoms with Crippen molar-refractivity contribution >= 4 is 16.7 Å². The normalized spacial score (nSPS) is 13.8. The van der Waals surface area contributed by atoms with E-state index in [0.717, 1.165) is 10.8 Å². The summed E-state index contributed by atoms with van der Waals surface area (Å²) in [4.78, 5) is 10.9. The zero-order chi connectivity index (χ0) is 15.2. The van der Waals surface area contributed by atoms with Crippen LogP contribution in [0.25, 0.3) is 10.8 Å². The number of rotatable bonds is 7. The van der Waals surface area contributed by atoms with Gasteiger partial charge >= 0.3 is 5.97 Å². The molecule has 21 heavy (non-hydrogen) atoms. The number of carboxylic acid groups (broad SMARTS) is 1. The molecule has 0 aliphatic rings. The summed E-state index contributed by atoms with van der Waals surface area (Å²) in [5.41, 5.74) is 0.705. The van der Waals surface area contributed by atoms with E-state index < -0.39 is 18.1 Å². The molecule has 0 amide bonds. The third-order valence-corrected chi connectivity index (χ3v) is 3.42. The van der Waals surface area contributed by atoms with Gasteiger partial charge in [-0.05, 0) is 22.4 Å². The molecule has 0 saturated carbocycles. The molecule has 110 valence electrons.